The Kier molecular flexibility index (Phi) is 3.42. The molecular formula is C16H15N7O. The van der Waals surface area contributed by atoms with Gasteiger partial charge in [0.1, 0.15) is 12.0 Å². The first kappa shape index (κ1) is 14.3. The van der Waals surface area contributed by atoms with E-state index < -0.39 is 0 Å². The fourth-order valence-corrected chi connectivity index (χ4v) is 2.71. The molecule has 0 aliphatic heterocycles. The molecule has 24 heavy (non-hydrogen) atoms. The van der Waals surface area contributed by atoms with Crippen molar-refractivity contribution in [1.82, 2.24) is 29.1 Å². The summed E-state index contributed by atoms with van der Waals surface area (Å²) in [7, 11) is 0. The zero-order valence-corrected chi connectivity index (χ0v) is 13.0. The van der Waals surface area contributed by atoms with E-state index in [4.69, 9.17) is 0 Å². The number of rotatable bonds is 4. The van der Waals surface area contributed by atoms with Gasteiger partial charge in [-0.1, -0.05) is 12.1 Å². The molecule has 1 N–H and O–H groups in total. The molecular weight excluding hydrogens is 306 g/mol. The molecule has 0 aliphatic carbocycles. The number of hydrogen-bond acceptors (Lipinski definition) is 6. The van der Waals surface area contributed by atoms with E-state index >= 15 is 0 Å². The van der Waals surface area contributed by atoms with Crippen molar-refractivity contribution >= 4 is 22.5 Å². The number of aryl methyl sites for hydroxylation is 1. The van der Waals surface area contributed by atoms with Crippen molar-refractivity contribution in [3.05, 3.63) is 59.0 Å². The van der Waals surface area contributed by atoms with Crippen molar-refractivity contribution in [3.8, 4) is 0 Å². The summed E-state index contributed by atoms with van der Waals surface area (Å²) in [6, 6.07) is 7.63. The van der Waals surface area contributed by atoms with Crippen LogP contribution >= 0.6 is 0 Å². The number of para-hydroxylation sites is 2. The minimum atomic E-state index is -0.0795. The van der Waals surface area contributed by atoms with Gasteiger partial charge in [-0.3, -0.25) is 9.20 Å². The second kappa shape index (κ2) is 5.73. The van der Waals surface area contributed by atoms with Crippen LogP contribution in [0.25, 0.3) is 16.7 Å². The molecule has 3 heterocycles. The lowest BCUT2D eigenvalue weighted by Gasteiger charge is -2.12. The summed E-state index contributed by atoms with van der Waals surface area (Å²) >= 11 is 0. The normalized spacial score (nSPS) is 11.2. The highest BCUT2D eigenvalue weighted by Crippen LogP contribution is 2.11. The van der Waals surface area contributed by atoms with Crippen LogP contribution < -0.4 is 10.9 Å². The van der Waals surface area contributed by atoms with Crippen LogP contribution in [0.2, 0.25) is 0 Å². The summed E-state index contributed by atoms with van der Waals surface area (Å²) in [6.45, 7) is 2.77. The van der Waals surface area contributed by atoms with E-state index in [9.17, 15) is 4.79 Å². The molecule has 8 nitrogen and oxygen atoms in total. The standard InChI is InChI=1S/C16H15N7O/c1-11-16(24)23(13-5-3-2-4-12(13)20-11)9-7-18-14-15-21-19-10-22(15)8-6-17-14/h2-6,8,10H,7,9H2,1H3,(H,17,18). The fourth-order valence-electron chi connectivity index (χ4n) is 2.71. The maximum atomic E-state index is 12.4. The van der Waals surface area contributed by atoms with Crippen molar-refractivity contribution in [2.75, 3.05) is 11.9 Å². The Balaban J connectivity index is 1.62. The van der Waals surface area contributed by atoms with E-state index in [0.29, 0.717) is 30.2 Å². The molecule has 0 atom stereocenters. The molecule has 0 aliphatic rings. The molecule has 0 amide bonds. The van der Waals surface area contributed by atoms with E-state index in [-0.39, 0.29) is 5.56 Å². The number of nitrogens with zero attached hydrogens (tertiary/aromatic N) is 6. The molecule has 0 saturated carbocycles. The van der Waals surface area contributed by atoms with Crippen LogP contribution in [0, 0.1) is 6.92 Å². The third-order valence-corrected chi connectivity index (χ3v) is 3.86. The van der Waals surface area contributed by atoms with E-state index in [1.807, 2.05) is 24.3 Å². The van der Waals surface area contributed by atoms with Crippen molar-refractivity contribution in [2.24, 2.45) is 0 Å². The molecule has 4 aromatic rings. The number of hydrogen-bond donors (Lipinski definition) is 1. The first-order valence-corrected chi connectivity index (χ1v) is 7.58. The van der Waals surface area contributed by atoms with E-state index in [1.54, 1.807) is 34.6 Å². The van der Waals surface area contributed by atoms with Gasteiger partial charge in [0.05, 0.1) is 11.0 Å². The monoisotopic (exact) mass is 321 g/mol. The Bertz CT molecular complexity index is 1080. The zero-order chi connectivity index (χ0) is 16.5. The molecule has 0 bridgehead atoms. The van der Waals surface area contributed by atoms with Gasteiger partial charge in [0.2, 0.25) is 5.65 Å². The maximum absolute atomic E-state index is 12.4. The van der Waals surface area contributed by atoms with Crippen LogP contribution in [0.3, 0.4) is 0 Å². The molecule has 3 aromatic heterocycles. The number of nitrogens with one attached hydrogen (secondary N) is 1. The van der Waals surface area contributed by atoms with Crippen LogP contribution in [0.4, 0.5) is 5.82 Å². The summed E-state index contributed by atoms with van der Waals surface area (Å²) in [4.78, 5) is 21.1. The minimum Gasteiger partial charge on any atom is -0.365 e. The van der Waals surface area contributed by atoms with Gasteiger partial charge in [-0.05, 0) is 19.1 Å². The van der Waals surface area contributed by atoms with Crippen molar-refractivity contribution < 1.29 is 0 Å². The van der Waals surface area contributed by atoms with Gasteiger partial charge in [-0.15, -0.1) is 10.2 Å². The zero-order valence-electron chi connectivity index (χ0n) is 13.0. The van der Waals surface area contributed by atoms with Crippen LogP contribution in [-0.4, -0.2) is 35.7 Å². The topological polar surface area (TPSA) is 90.0 Å². The first-order chi connectivity index (χ1) is 11.7. The molecule has 8 heteroatoms. The van der Waals surface area contributed by atoms with Gasteiger partial charge in [0, 0.05) is 25.5 Å². The van der Waals surface area contributed by atoms with Crippen LogP contribution in [0.15, 0.2) is 47.8 Å². The molecule has 1 aromatic carbocycles. The summed E-state index contributed by atoms with van der Waals surface area (Å²) in [5, 5.41) is 11.1. The van der Waals surface area contributed by atoms with Crippen LogP contribution in [0.1, 0.15) is 5.69 Å². The Labute approximate surface area is 136 Å². The molecule has 0 spiro atoms. The Morgan fingerprint density at radius 2 is 2.12 bits per heavy atom. The Morgan fingerprint density at radius 3 is 3.04 bits per heavy atom. The summed E-state index contributed by atoms with van der Waals surface area (Å²) in [6.07, 6.45) is 5.08. The highest BCUT2D eigenvalue weighted by molar-refractivity contribution is 5.74. The third-order valence-electron chi connectivity index (χ3n) is 3.86. The maximum Gasteiger partial charge on any atom is 0.272 e. The van der Waals surface area contributed by atoms with Gasteiger partial charge < -0.3 is 9.88 Å². The van der Waals surface area contributed by atoms with Gasteiger partial charge >= 0.3 is 0 Å². The molecule has 120 valence electrons. The Hall–Kier alpha value is -3.29. The summed E-state index contributed by atoms with van der Waals surface area (Å²) in [5.74, 6) is 0.637. The van der Waals surface area contributed by atoms with E-state index in [2.05, 4.69) is 25.5 Å². The predicted octanol–water partition coefficient (Wildman–Crippen LogP) is 1.25. The van der Waals surface area contributed by atoms with E-state index in [1.165, 1.54) is 0 Å². The largest absolute Gasteiger partial charge is 0.365 e. The summed E-state index contributed by atoms with van der Waals surface area (Å²) in [5.41, 5.74) is 2.70. The Morgan fingerprint density at radius 1 is 1.25 bits per heavy atom. The van der Waals surface area contributed by atoms with Crippen molar-refractivity contribution in [3.63, 3.8) is 0 Å². The molecule has 0 unspecified atom stereocenters. The lowest BCUT2D eigenvalue weighted by atomic mass is 10.2. The van der Waals surface area contributed by atoms with Gasteiger partial charge in [0.15, 0.2) is 5.82 Å². The fraction of sp³-hybridized carbons (Fsp3) is 0.188. The minimum absolute atomic E-state index is 0.0795. The van der Waals surface area contributed by atoms with E-state index in [0.717, 1.165) is 11.0 Å². The highest BCUT2D eigenvalue weighted by atomic mass is 16.1. The first-order valence-electron chi connectivity index (χ1n) is 7.58. The third kappa shape index (κ3) is 2.37. The number of anilines is 1. The molecule has 0 radical (unpaired) electrons. The molecule has 0 saturated heterocycles. The average molecular weight is 321 g/mol. The molecule has 0 fully saturated rings. The van der Waals surface area contributed by atoms with Crippen molar-refractivity contribution in [2.45, 2.75) is 13.5 Å². The predicted molar refractivity (Wildman–Crippen MR) is 90.0 cm³/mol. The SMILES string of the molecule is Cc1nc2ccccc2n(CCNc2nccn3cnnc23)c1=O. The molecule has 4 rings (SSSR count). The van der Waals surface area contributed by atoms with Crippen LogP contribution in [-0.2, 0) is 6.54 Å². The lowest BCUT2D eigenvalue weighted by molar-refractivity contribution is 0.712. The number of fused-ring (bicyclic) bond motifs is 2. The summed E-state index contributed by atoms with van der Waals surface area (Å²) < 4.78 is 3.52. The van der Waals surface area contributed by atoms with Gasteiger partial charge in [-0.25, -0.2) is 9.97 Å². The lowest BCUT2D eigenvalue weighted by Crippen LogP contribution is -2.27. The average Bonchev–Trinajstić information content (AvgIpc) is 3.08. The second-order valence-corrected chi connectivity index (χ2v) is 5.41. The van der Waals surface area contributed by atoms with Crippen molar-refractivity contribution in [1.29, 1.82) is 0 Å². The van der Waals surface area contributed by atoms with Crippen LogP contribution in [0.5, 0.6) is 0 Å². The van der Waals surface area contributed by atoms with Gasteiger partial charge in [0.25, 0.3) is 5.56 Å². The quantitative estimate of drug-likeness (QED) is 0.608. The smallest absolute Gasteiger partial charge is 0.272 e. The van der Waals surface area contributed by atoms with Gasteiger partial charge in [-0.2, -0.15) is 0 Å². The highest BCUT2D eigenvalue weighted by Gasteiger charge is 2.08. The number of benzene rings is 1. The second-order valence-electron chi connectivity index (χ2n) is 5.41. The number of aromatic nitrogens is 6.